The summed E-state index contributed by atoms with van der Waals surface area (Å²) >= 11 is 5.83. The van der Waals surface area contributed by atoms with Gasteiger partial charge in [0, 0.05) is 29.3 Å². The highest BCUT2D eigenvalue weighted by Gasteiger charge is 2.19. The summed E-state index contributed by atoms with van der Waals surface area (Å²) in [5.41, 5.74) is 8.73. The Balaban J connectivity index is 1.51. The van der Waals surface area contributed by atoms with Gasteiger partial charge >= 0.3 is 5.69 Å². The topological polar surface area (TPSA) is 167 Å². The zero-order chi connectivity index (χ0) is 26.5. The van der Waals surface area contributed by atoms with Crippen molar-refractivity contribution >= 4 is 39.7 Å². The molecule has 3 aromatic rings. The molecule has 13 nitrogen and oxygen atoms in total. The maximum Gasteiger partial charge on any atom is 0.311 e. The van der Waals surface area contributed by atoms with Crippen LogP contribution in [0.25, 0.3) is 21.3 Å². The van der Waals surface area contributed by atoms with Gasteiger partial charge in [-0.1, -0.05) is 16.7 Å². The number of nitrogens with zero attached hydrogens (tertiary/aromatic N) is 6. The SMILES string of the molecule is [N-]=[N+]=NCCOCCOCCOCCOc1cc2ncnc(Nc3ccc(F)c(Cl)c3)c2cc1[N+](=O)[O-]. The zero-order valence-electron chi connectivity index (χ0n) is 19.5. The number of halogens is 2. The minimum Gasteiger partial charge on any atom is -0.484 e. The molecule has 1 N–H and O–H groups in total. The third kappa shape index (κ3) is 8.66. The maximum atomic E-state index is 13.4. The number of benzene rings is 2. The van der Waals surface area contributed by atoms with Crippen LogP contribution in [-0.4, -0.2) is 67.7 Å². The van der Waals surface area contributed by atoms with Crippen LogP contribution in [0.5, 0.6) is 5.75 Å². The molecular weight excluding hydrogens is 513 g/mol. The monoisotopic (exact) mass is 535 g/mol. The fourth-order valence-electron chi connectivity index (χ4n) is 3.04. The minimum atomic E-state index is -0.571. The van der Waals surface area contributed by atoms with Crippen LogP contribution < -0.4 is 10.1 Å². The molecule has 0 aliphatic rings. The molecule has 0 radical (unpaired) electrons. The number of hydrogen-bond donors (Lipinski definition) is 1. The highest BCUT2D eigenvalue weighted by molar-refractivity contribution is 6.31. The molecule has 0 aliphatic heterocycles. The molecule has 15 heteroatoms. The Bertz CT molecular complexity index is 1260. The number of rotatable bonds is 16. The van der Waals surface area contributed by atoms with Crippen molar-refractivity contribution in [1.82, 2.24) is 9.97 Å². The Morgan fingerprint density at radius 1 is 1.05 bits per heavy atom. The number of ether oxygens (including phenoxy) is 4. The van der Waals surface area contributed by atoms with Gasteiger partial charge in [0.2, 0.25) is 0 Å². The number of nitro groups is 1. The molecule has 0 atom stereocenters. The number of fused-ring (bicyclic) bond motifs is 1. The lowest BCUT2D eigenvalue weighted by atomic mass is 10.2. The molecule has 0 amide bonds. The quantitative estimate of drug-likeness (QED) is 0.0675. The molecule has 0 unspecified atom stereocenters. The van der Waals surface area contributed by atoms with Crippen LogP contribution in [0, 0.1) is 15.9 Å². The summed E-state index contributed by atoms with van der Waals surface area (Å²) in [5, 5.41) is 18.3. The summed E-state index contributed by atoms with van der Waals surface area (Å²) in [7, 11) is 0. The number of hydrogen-bond acceptors (Lipinski definition) is 10. The second kappa shape index (κ2) is 14.7. The Labute approximate surface area is 215 Å². The van der Waals surface area contributed by atoms with E-state index in [1.165, 1.54) is 36.7 Å². The van der Waals surface area contributed by atoms with Crippen LogP contribution >= 0.6 is 11.6 Å². The van der Waals surface area contributed by atoms with E-state index in [1.54, 1.807) is 0 Å². The van der Waals surface area contributed by atoms with Crippen molar-refractivity contribution < 1.29 is 28.3 Å². The van der Waals surface area contributed by atoms with E-state index < -0.39 is 10.7 Å². The van der Waals surface area contributed by atoms with E-state index in [9.17, 15) is 14.5 Å². The lowest BCUT2D eigenvalue weighted by Gasteiger charge is -2.11. The van der Waals surface area contributed by atoms with Crippen molar-refractivity contribution in [3.63, 3.8) is 0 Å². The van der Waals surface area contributed by atoms with Crippen molar-refractivity contribution in [2.75, 3.05) is 58.1 Å². The molecule has 0 bridgehead atoms. The highest BCUT2D eigenvalue weighted by atomic mass is 35.5. The van der Waals surface area contributed by atoms with E-state index in [4.69, 9.17) is 36.1 Å². The molecule has 0 aliphatic carbocycles. The molecule has 1 aromatic heterocycles. The van der Waals surface area contributed by atoms with Crippen LogP contribution in [0.3, 0.4) is 0 Å². The summed E-state index contributed by atoms with van der Waals surface area (Å²) in [4.78, 5) is 22.0. The predicted octanol–water partition coefficient (Wildman–Crippen LogP) is 4.81. The summed E-state index contributed by atoms with van der Waals surface area (Å²) in [6.45, 7) is 2.22. The number of nitro benzene ring substituents is 1. The first kappa shape index (κ1) is 27.8. The second-order valence-electron chi connectivity index (χ2n) is 7.21. The third-order valence-corrected chi connectivity index (χ3v) is 5.01. The molecule has 37 heavy (non-hydrogen) atoms. The molecule has 0 saturated carbocycles. The van der Waals surface area contributed by atoms with Gasteiger partial charge in [0.05, 0.1) is 60.5 Å². The van der Waals surface area contributed by atoms with Gasteiger partial charge in [-0.05, 0) is 23.7 Å². The van der Waals surface area contributed by atoms with Gasteiger partial charge in [0.15, 0.2) is 5.75 Å². The van der Waals surface area contributed by atoms with E-state index in [-0.39, 0.29) is 42.0 Å². The van der Waals surface area contributed by atoms with E-state index in [2.05, 4.69) is 25.3 Å². The molecule has 1 heterocycles. The average Bonchev–Trinajstić information content (AvgIpc) is 2.88. The van der Waals surface area contributed by atoms with Crippen LogP contribution in [-0.2, 0) is 14.2 Å². The smallest absolute Gasteiger partial charge is 0.311 e. The molecule has 196 valence electrons. The summed E-state index contributed by atoms with van der Waals surface area (Å²) in [5.74, 6) is -0.255. The zero-order valence-corrected chi connectivity index (χ0v) is 20.3. The number of aromatic nitrogens is 2. The average molecular weight is 536 g/mol. The van der Waals surface area contributed by atoms with Crippen LogP contribution in [0.2, 0.25) is 5.02 Å². The Kier molecular flexibility index (Phi) is 11.0. The van der Waals surface area contributed by atoms with Crippen molar-refractivity contribution in [1.29, 1.82) is 0 Å². The molecular formula is C22H23ClFN7O6. The highest BCUT2D eigenvalue weighted by Crippen LogP contribution is 2.35. The fraction of sp³-hybridized carbons (Fsp3) is 0.364. The largest absolute Gasteiger partial charge is 0.484 e. The standard InChI is InChI=1S/C22H23ClFN7O6/c23-17-11-15(1-2-18(17)24)29-22-16-12-20(31(32)33)21(13-19(16)26-14-27-22)37-10-9-36-8-7-35-6-5-34-4-3-28-30-25/h1-2,11-14H,3-10H2,(H,26,27,29). The third-order valence-electron chi connectivity index (χ3n) is 4.72. The minimum absolute atomic E-state index is 0.0321. The van der Waals surface area contributed by atoms with Gasteiger partial charge in [0.25, 0.3) is 0 Å². The molecule has 0 spiro atoms. The summed E-state index contributed by atoms with van der Waals surface area (Å²) in [6, 6.07) is 6.80. The van der Waals surface area contributed by atoms with Crippen LogP contribution in [0.1, 0.15) is 0 Å². The maximum absolute atomic E-state index is 13.4. The first-order valence-corrected chi connectivity index (χ1v) is 11.4. The number of anilines is 2. The number of azide groups is 1. The fourth-order valence-corrected chi connectivity index (χ4v) is 3.22. The molecule has 0 saturated heterocycles. The first-order chi connectivity index (χ1) is 18.0. The van der Waals surface area contributed by atoms with Gasteiger partial charge in [-0.3, -0.25) is 10.1 Å². The molecule has 2 aromatic carbocycles. The van der Waals surface area contributed by atoms with Crippen molar-refractivity contribution in [3.05, 3.63) is 68.1 Å². The van der Waals surface area contributed by atoms with Crippen molar-refractivity contribution in [2.24, 2.45) is 5.11 Å². The van der Waals surface area contributed by atoms with Crippen molar-refractivity contribution in [3.8, 4) is 5.75 Å². The van der Waals surface area contributed by atoms with Crippen LogP contribution in [0.15, 0.2) is 41.8 Å². The summed E-state index contributed by atoms with van der Waals surface area (Å²) in [6.07, 6.45) is 1.29. The van der Waals surface area contributed by atoms with E-state index in [0.717, 1.165) is 0 Å². The lowest BCUT2D eigenvalue weighted by Crippen LogP contribution is -2.13. The van der Waals surface area contributed by atoms with Gasteiger partial charge in [-0.25, -0.2) is 14.4 Å². The van der Waals surface area contributed by atoms with E-state index in [1.807, 2.05) is 0 Å². The van der Waals surface area contributed by atoms with Gasteiger partial charge < -0.3 is 24.3 Å². The molecule has 3 rings (SSSR count). The van der Waals surface area contributed by atoms with E-state index in [0.29, 0.717) is 49.6 Å². The lowest BCUT2D eigenvalue weighted by molar-refractivity contribution is -0.385. The predicted molar refractivity (Wildman–Crippen MR) is 133 cm³/mol. The Hall–Kier alpha value is -3.81. The first-order valence-electron chi connectivity index (χ1n) is 11.0. The van der Waals surface area contributed by atoms with Crippen molar-refractivity contribution in [2.45, 2.75) is 0 Å². The number of nitrogens with one attached hydrogen (secondary N) is 1. The van der Waals surface area contributed by atoms with E-state index >= 15 is 0 Å². The normalized spacial score (nSPS) is 10.8. The Morgan fingerprint density at radius 2 is 1.76 bits per heavy atom. The second-order valence-corrected chi connectivity index (χ2v) is 7.62. The summed E-state index contributed by atoms with van der Waals surface area (Å²) < 4.78 is 35.0. The molecule has 0 fully saturated rings. The Morgan fingerprint density at radius 3 is 2.43 bits per heavy atom. The van der Waals surface area contributed by atoms with Gasteiger partial charge in [-0.15, -0.1) is 0 Å². The van der Waals surface area contributed by atoms with Gasteiger partial charge in [0.1, 0.15) is 24.6 Å². The van der Waals surface area contributed by atoms with Gasteiger partial charge in [-0.2, -0.15) is 0 Å². The van der Waals surface area contributed by atoms with Crippen LogP contribution in [0.4, 0.5) is 21.6 Å².